The van der Waals surface area contributed by atoms with Crippen LogP contribution in [0.3, 0.4) is 0 Å². The van der Waals surface area contributed by atoms with Crippen LogP contribution in [-0.2, 0) is 17.8 Å². The van der Waals surface area contributed by atoms with Crippen LogP contribution in [0.5, 0.6) is 5.75 Å². The number of rotatable bonds is 7. The average Bonchev–Trinajstić information content (AvgIpc) is 2.97. The van der Waals surface area contributed by atoms with E-state index in [1.54, 1.807) is 22.9 Å². The second-order valence-corrected chi connectivity index (χ2v) is 14.1. The molecule has 2 N–H and O–H groups in total. The highest BCUT2D eigenvalue weighted by Gasteiger charge is 2.51. The van der Waals surface area contributed by atoms with Crippen molar-refractivity contribution in [2.75, 3.05) is 37.0 Å². The summed E-state index contributed by atoms with van der Waals surface area (Å²) in [6, 6.07) is -0.0607. The van der Waals surface area contributed by atoms with Crippen LogP contribution in [0.4, 0.5) is 11.5 Å². The van der Waals surface area contributed by atoms with E-state index in [9.17, 15) is 19.5 Å². The molecule has 3 aromatic heterocycles. The molecule has 4 fully saturated rings. The van der Waals surface area contributed by atoms with Crippen LogP contribution in [0.1, 0.15) is 74.2 Å². The number of hydrogen-bond donors (Lipinski definition) is 2. The second kappa shape index (κ2) is 11.2. The number of amides is 2. The van der Waals surface area contributed by atoms with Crippen molar-refractivity contribution >= 4 is 34.5 Å². The quantitative estimate of drug-likeness (QED) is 0.399. The summed E-state index contributed by atoms with van der Waals surface area (Å²) in [6.45, 7) is 6.74. The monoisotopic (exact) mass is 629 g/mol. The first-order valence-corrected chi connectivity index (χ1v) is 16.5. The van der Waals surface area contributed by atoms with Crippen LogP contribution < -0.4 is 20.5 Å². The summed E-state index contributed by atoms with van der Waals surface area (Å²) in [5.41, 5.74) is 2.46. The molecule has 2 amide bonds. The van der Waals surface area contributed by atoms with Crippen molar-refractivity contribution in [3.05, 3.63) is 39.8 Å². The molecule has 2 atom stereocenters. The topological polar surface area (TPSA) is 150 Å². The number of hydrogen-bond acceptors (Lipinski definition) is 10. The minimum atomic E-state index is -0.337. The van der Waals surface area contributed by atoms with E-state index in [-0.39, 0.29) is 58.9 Å². The third-order valence-electron chi connectivity index (χ3n) is 10.7. The number of anilines is 2. The molecule has 3 aromatic rings. The standard InChI is InChI=1S/C33H43N9O4/c1-6-21-28(40-9-10-41(23-8-7-22(23)40)32(46)27-29(44)19(3)35-17-36-27)30(45)26-31(34-15-24(38-26)39(4)5)42(21)16-25(43)37-20-13-33(14-20)11-18(2)12-33/h15,17-18,20,22-23,44H,6-14,16H2,1-5H3,(H,37,43)/t18?,20?,22-,23-,33?/m0/s1. The summed E-state index contributed by atoms with van der Waals surface area (Å²) in [5, 5.41) is 13.8. The van der Waals surface area contributed by atoms with Crippen molar-refractivity contribution in [3.8, 4) is 5.75 Å². The minimum Gasteiger partial charge on any atom is -0.504 e. The fraction of sp³-hybridized carbons (Fsp3) is 0.606. The van der Waals surface area contributed by atoms with Crippen LogP contribution in [0.2, 0.25) is 0 Å². The third kappa shape index (κ3) is 4.85. The molecule has 4 aliphatic rings. The summed E-state index contributed by atoms with van der Waals surface area (Å²) < 4.78 is 1.88. The van der Waals surface area contributed by atoms with E-state index in [0.717, 1.165) is 37.3 Å². The van der Waals surface area contributed by atoms with Gasteiger partial charge in [-0.1, -0.05) is 13.8 Å². The number of carbonyl (C=O) groups is 2. The van der Waals surface area contributed by atoms with Gasteiger partial charge in [-0.15, -0.1) is 0 Å². The highest BCUT2D eigenvalue weighted by atomic mass is 16.3. The van der Waals surface area contributed by atoms with Gasteiger partial charge in [0.1, 0.15) is 24.4 Å². The Labute approximate surface area is 268 Å². The van der Waals surface area contributed by atoms with E-state index < -0.39 is 0 Å². The lowest BCUT2D eigenvalue weighted by atomic mass is 9.50. The number of aromatic nitrogens is 5. The van der Waals surface area contributed by atoms with Crippen LogP contribution >= 0.6 is 0 Å². The summed E-state index contributed by atoms with van der Waals surface area (Å²) in [7, 11) is 3.70. The van der Waals surface area contributed by atoms with Gasteiger partial charge in [0.2, 0.25) is 11.3 Å². The van der Waals surface area contributed by atoms with Gasteiger partial charge in [0.25, 0.3) is 5.91 Å². The van der Waals surface area contributed by atoms with Crippen molar-refractivity contribution < 1.29 is 14.7 Å². The van der Waals surface area contributed by atoms with E-state index >= 15 is 0 Å². The summed E-state index contributed by atoms with van der Waals surface area (Å²) in [5.74, 6) is 0.704. The largest absolute Gasteiger partial charge is 0.504 e. The van der Waals surface area contributed by atoms with Crippen molar-refractivity contribution in [2.24, 2.45) is 11.3 Å². The number of aryl methyl sites for hydroxylation is 1. The van der Waals surface area contributed by atoms with Crippen LogP contribution in [0, 0.1) is 18.3 Å². The highest BCUT2D eigenvalue weighted by molar-refractivity contribution is 5.95. The Bertz CT molecular complexity index is 1770. The van der Waals surface area contributed by atoms with Crippen molar-refractivity contribution in [2.45, 2.75) is 90.4 Å². The molecule has 3 aliphatic carbocycles. The Kier molecular flexibility index (Phi) is 7.39. The van der Waals surface area contributed by atoms with Crippen LogP contribution in [0.25, 0.3) is 11.2 Å². The maximum absolute atomic E-state index is 14.4. The summed E-state index contributed by atoms with van der Waals surface area (Å²) >= 11 is 0. The SMILES string of the molecule is CCc1c(N2CCN(C(=O)c3ncnc(C)c3O)[C@H]3CC[C@@H]32)c(=O)c2nc(N(C)C)cnc2n1CC(=O)NC1CC2(CC(C)C2)C1. The third-order valence-corrected chi connectivity index (χ3v) is 10.7. The second-order valence-electron chi connectivity index (χ2n) is 14.1. The molecule has 13 nitrogen and oxygen atoms in total. The van der Waals surface area contributed by atoms with Gasteiger partial charge in [-0.2, -0.15) is 0 Å². The number of carbonyl (C=O) groups excluding carboxylic acids is 2. The fourth-order valence-corrected chi connectivity index (χ4v) is 8.55. The number of pyridine rings is 1. The Morgan fingerprint density at radius 3 is 2.48 bits per heavy atom. The molecule has 0 aromatic carbocycles. The van der Waals surface area contributed by atoms with E-state index in [1.807, 2.05) is 25.6 Å². The van der Waals surface area contributed by atoms with Gasteiger partial charge in [-0.3, -0.25) is 14.4 Å². The van der Waals surface area contributed by atoms with Crippen molar-refractivity contribution in [1.29, 1.82) is 0 Å². The summed E-state index contributed by atoms with van der Waals surface area (Å²) in [6.07, 6.45) is 9.58. The first kappa shape index (κ1) is 30.4. The lowest BCUT2D eigenvalue weighted by Crippen LogP contribution is -2.67. The average molecular weight is 630 g/mol. The predicted molar refractivity (Wildman–Crippen MR) is 173 cm³/mol. The van der Waals surface area contributed by atoms with Crippen LogP contribution in [0.15, 0.2) is 17.3 Å². The molecule has 0 bridgehead atoms. The number of fused-ring (bicyclic) bond motifs is 2. The zero-order chi connectivity index (χ0) is 32.5. The van der Waals surface area contributed by atoms with Gasteiger partial charge in [-0.25, -0.2) is 19.9 Å². The molecule has 13 heteroatoms. The minimum absolute atomic E-state index is 0.00406. The molecule has 4 heterocycles. The molecule has 7 rings (SSSR count). The molecule has 0 unspecified atom stereocenters. The number of piperazine rings is 1. The molecule has 46 heavy (non-hydrogen) atoms. The molecule has 244 valence electrons. The van der Waals surface area contributed by atoms with E-state index in [4.69, 9.17) is 4.98 Å². The Hall–Kier alpha value is -4.29. The van der Waals surface area contributed by atoms with E-state index in [0.29, 0.717) is 47.8 Å². The Balaban J connectivity index is 1.22. The van der Waals surface area contributed by atoms with Crippen molar-refractivity contribution in [1.82, 2.24) is 34.7 Å². The lowest BCUT2D eigenvalue weighted by molar-refractivity contribution is -0.126. The zero-order valence-corrected chi connectivity index (χ0v) is 27.3. The molecule has 1 aliphatic heterocycles. The maximum Gasteiger partial charge on any atom is 0.276 e. The molecule has 1 spiro atoms. The molecular weight excluding hydrogens is 586 g/mol. The number of nitrogens with zero attached hydrogens (tertiary/aromatic N) is 8. The normalized spacial score (nSPS) is 26.6. The van der Waals surface area contributed by atoms with Gasteiger partial charge in [0.15, 0.2) is 22.6 Å². The zero-order valence-electron chi connectivity index (χ0n) is 27.3. The fourth-order valence-electron chi connectivity index (χ4n) is 8.55. The molecule has 1 saturated heterocycles. The number of aromatic hydroxyl groups is 1. The van der Waals surface area contributed by atoms with Gasteiger partial charge in [0, 0.05) is 45.0 Å². The molecular formula is C33H43N9O4. The van der Waals surface area contributed by atoms with Crippen LogP contribution in [-0.4, -0.2) is 91.6 Å². The molecule has 3 saturated carbocycles. The Morgan fingerprint density at radius 2 is 1.83 bits per heavy atom. The smallest absolute Gasteiger partial charge is 0.276 e. The highest BCUT2D eigenvalue weighted by Crippen LogP contribution is 2.58. The van der Waals surface area contributed by atoms with Gasteiger partial charge < -0.3 is 29.7 Å². The van der Waals surface area contributed by atoms with Gasteiger partial charge >= 0.3 is 0 Å². The maximum atomic E-state index is 14.4. The molecule has 0 radical (unpaired) electrons. The predicted octanol–water partition coefficient (Wildman–Crippen LogP) is 2.41. The first-order valence-electron chi connectivity index (χ1n) is 16.5. The lowest BCUT2D eigenvalue weighted by Gasteiger charge is -2.57. The van der Waals surface area contributed by atoms with Crippen molar-refractivity contribution in [3.63, 3.8) is 0 Å². The van der Waals surface area contributed by atoms with Gasteiger partial charge in [-0.05, 0) is 63.2 Å². The first-order chi connectivity index (χ1) is 22.0. The van der Waals surface area contributed by atoms with E-state index in [2.05, 4.69) is 32.1 Å². The van der Waals surface area contributed by atoms with Gasteiger partial charge in [0.05, 0.1) is 17.9 Å². The van der Waals surface area contributed by atoms with E-state index in [1.165, 1.54) is 19.2 Å². The summed E-state index contributed by atoms with van der Waals surface area (Å²) in [4.78, 5) is 64.7. The Morgan fingerprint density at radius 1 is 1.09 bits per heavy atom. The number of nitrogens with one attached hydrogen (secondary N) is 1.